The number of likely N-dealkylation sites (tertiary alicyclic amines) is 1. The zero-order valence-corrected chi connectivity index (χ0v) is 16.4. The first-order chi connectivity index (χ1) is 13.2. The van der Waals surface area contributed by atoms with Crippen molar-refractivity contribution in [1.29, 1.82) is 0 Å². The van der Waals surface area contributed by atoms with Gasteiger partial charge in [0.2, 0.25) is 11.8 Å². The van der Waals surface area contributed by atoms with Gasteiger partial charge < -0.3 is 10.1 Å². The number of fused-ring (bicyclic) bond motifs is 1. The maximum Gasteiger partial charge on any atom is 0.240 e. The molecule has 0 bridgehead atoms. The summed E-state index contributed by atoms with van der Waals surface area (Å²) in [5.41, 5.74) is 1.18. The molecule has 0 spiro atoms. The van der Waals surface area contributed by atoms with E-state index in [-0.39, 0.29) is 12.0 Å². The van der Waals surface area contributed by atoms with Crippen LogP contribution >= 0.6 is 11.3 Å². The fourth-order valence-electron chi connectivity index (χ4n) is 3.66. The molecule has 1 saturated heterocycles. The molecule has 2 aliphatic rings. The van der Waals surface area contributed by atoms with Gasteiger partial charge in [0.15, 0.2) is 5.13 Å². The van der Waals surface area contributed by atoms with Crippen molar-refractivity contribution in [2.75, 3.05) is 25.0 Å². The molecule has 1 aliphatic carbocycles. The van der Waals surface area contributed by atoms with Crippen LogP contribution in [0.5, 0.6) is 5.88 Å². The summed E-state index contributed by atoms with van der Waals surface area (Å²) in [6.45, 7) is 4.35. The van der Waals surface area contributed by atoms with Crippen LogP contribution in [0.1, 0.15) is 36.8 Å². The standard InChI is InChI=1S/C19H25N5O2S/c1-13-2-3-15-16(10-13)27-19(22-15)23-17(25)12-24-8-4-14(5-9-24)26-18-11-20-6-7-21-18/h6-7,11,13-14H,2-5,8-10,12H2,1H3,(H,22,23,25)/t13-/m0/s1. The number of thiazole rings is 1. The summed E-state index contributed by atoms with van der Waals surface area (Å²) in [6, 6.07) is 0. The molecular formula is C19H25N5O2S. The average Bonchev–Trinajstić information content (AvgIpc) is 3.05. The molecule has 4 rings (SSSR count). The van der Waals surface area contributed by atoms with Gasteiger partial charge in [0.05, 0.1) is 18.4 Å². The van der Waals surface area contributed by atoms with Crippen molar-refractivity contribution in [2.24, 2.45) is 5.92 Å². The van der Waals surface area contributed by atoms with Gasteiger partial charge in [-0.25, -0.2) is 9.97 Å². The van der Waals surface area contributed by atoms with Gasteiger partial charge in [0.25, 0.3) is 0 Å². The molecule has 1 amide bonds. The number of piperidine rings is 1. The van der Waals surface area contributed by atoms with Gasteiger partial charge in [-0.1, -0.05) is 6.92 Å². The van der Waals surface area contributed by atoms with Crippen molar-refractivity contribution in [2.45, 2.75) is 45.1 Å². The molecule has 0 aromatic carbocycles. The van der Waals surface area contributed by atoms with Crippen LogP contribution in [0.2, 0.25) is 0 Å². The number of hydrogen-bond donors (Lipinski definition) is 1. The Morgan fingerprint density at radius 3 is 2.96 bits per heavy atom. The van der Waals surface area contributed by atoms with E-state index >= 15 is 0 Å². The maximum absolute atomic E-state index is 12.4. The average molecular weight is 388 g/mol. The number of ether oxygens (including phenoxy) is 1. The van der Waals surface area contributed by atoms with Gasteiger partial charge in [-0.2, -0.15) is 0 Å². The fraction of sp³-hybridized carbons (Fsp3) is 0.579. The van der Waals surface area contributed by atoms with E-state index in [4.69, 9.17) is 4.74 Å². The van der Waals surface area contributed by atoms with E-state index < -0.39 is 0 Å². The highest BCUT2D eigenvalue weighted by Crippen LogP contribution is 2.32. The van der Waals surface area contributed by atoms with Crippen molar-refractivity contribution in [3.8, 4) is 5.88 Å². The van der Waals surface area contributed by atoms with Crippen molar-refractivity contribution < 1.29 is 9.53 Å². The minimum absolute atomic E-state index is 0.0161. The Hall–Kier alpha value is -2.06. The topological polar surface area (TPSA) is 80.2 Å². The first-order valence-corrected chi connectivity index (χ1v) is 10.4. The Morgan fingerprint density at radius 1 is 1.33 bits per heavy atom. The lowest BCUT2D eigenvalue weighted by atomic mass is 9.93. The number of aromatic nitrogens is 3. The van der Waals surface area contributed by atoms with Gasteiger partial charge in [0, 0.05) is 30.4 Å². The second kappa shape index (κ2) is 8.31. The molecule has 2 aromatic rings. The molecule has 0 saturated carbocycles. The number of rotatable bonds is 5. The fourth-order valence-corrected chi connectivity index (χ4v) is 4.84. The molecule has 8 heteroatoms. The summed E-state index contributed by atoms with van der Waals surface area (Å²) in [6.07, 6.45) is 10.1. The predicted molar refractivity (Wildman–Crippen MR) is 104 cm³/mol. The van der Waals surface area contributed by atoms with Gasteiger partial charge in [-0.05, 0) is 38.0 Å². The van der Waals surface area contributed by atoms with E-state index in [1.165, 1.54) is 17.0 Å². The molecule has 2 aromatic heterocycles. The maximum atomic E-state index is 12.4. The van der Waals surface area contributed by atoms with Crippen LogP contribution in [0.3, 0.4) is 0 Å². The van der Waals surface area contributed by atoms with Crippen LogP contribution in [0.15, 0.2) is 18.6 Å². The van der Waals surface area contributed by atoms with Crippen LogP contribution in [-0.2, 0) is 17.6 Å². The van der Waals surface area contributed by atoms with Crippen molar-refractivity contribution in [3.05, 3.63) is 29.2 Å². The number of anilines is 1. The molecule has 1 aliphatic heterocycles. The lowest BCUT2D eigenvalue weighted by molar-refractivity contribution is -0.117. The zero-order valence-electron chi connectivity index (χ0n) is 15.6. The highest BCUT2D eigenvalue weighted by molar-refractivity contribution is 7.15. The summed E-state index contributed by atoms with van der Waals surface area (Å²) in [5.74, 6) is 1.30. The molecule has 7 nitrogen and oxygen atoms in total. The Morgan fingerprint density at radius 2 is 2.19 bits per heavy atom. The van der Waals surface area contributed by atoms with Crippen LogP contribution in [0, 0.1) is 5.92 Å². The monoisotopic (exact) mass is 387 g/mol. The van der Waals surface area contributed by atoms with Gasteiger partial charge in [-0.3, -0.25) is 14.7 Å². The highest BCUT2D eigenvalue weighted by Gasteiger charge is 2.24. The second-order valence-electron chi connectivity index (χ2n) is 7.42. The lowest BCUT2D eigenvalue weighted by Gasteiger charge is -2.31. The number of nitrogens with zero attached hydrogens (tertiary/aromatic N) is 4. The van der Waals surface area contributed by atoms with E-state index in [9.17, 15) is 4.79 Å². The number of nitrogens with one attached hydrogen (secondary N) is 1. The molecule has 1 N–H and O–H groups in total. The molecule has 0 radical (unpaired) electrons. The number of carbonyl (C=O) groups excluding carboxylic acids is 1. The molecule has 27 heavy (non-hydrogen) atoms. The zero-order chi connectivity index (χ0) is 18.6. The van der Waals surface area contributed by atoms with Gasteiger partial charge >= 0.3 is 0 Å². The first-order valence-electron chi connectivity index (χ1n) is 9.59. The highest BCUT2D eigenvalue weighted by atomic mass is 32.1. The van der Waals surface area contributed by atoms with Crippen LogP contribution in [-0.4, -0.2) is 51.5 Å². The third-order valence-electron chi connectivity index (χ3n) is 5.16. The van der Waals surface area contributed by atoms with Gasteiger partial charge in [-0.15, -0.1) is 11.3 Å². The smallest absolute Gasteiger partial charge is 0.240 e. The van der Waals surface area contributed by atoms with Crippen LogP contribution in [0.4, 0.5) is 5.13 Å². The Bertz CT molecular complexity index is 774. The predicted octanol–water partition coefficient (Wildman–Crippen LogP) is 2.54. The Kier molecular flexibility index (Phi) is 5.63. The SMILES string of the molecule is C[C@H]1CCc2nc(NC(=O)CN3CCC(Oc4cnccn4)CC3)sc2C1. The number of amides is 1. The second-order valence-corrected chi connectivity index (χ2v) is 8.51. The number of hydrogen-bond acceptors (Lipinski definition) is 7. The molecule has 1 atom stereocenters. The minimum atomic E-state index is 0.0161. The minimum Gasteiger partial charge on any atom is -0.473 e. The van der Waals surface area contributed by atoms with Crippen molar-refractivity contribution in [1.82, 2.24) is 19.9 Å². The van der Waals surface area contributed by atoms with Crippen LogP contribution in [0.25, 0.3) is 0 Å². The molecule has 0 unspecified atom stereocenters. The third-order valence-corrected chi connectivity index (χ3v) is 6.20. The van der Waals surface area contributed by atoms with Crippen LogP contribution < -0.4 is 10.1 Å². The van der Waals surface area contributed by atoms with Crippen molar-refractivity contribution >= 4 is 22.4 Å². The molecule has 1 fully saturated rings. The van der Waals surface area contributed by atoms with Gasteiger partial charge in [0.1, 0.15) is 6.10 Å². The summed E-state index contributed by atoms with van der Waals surface area (Å²) in [7, 11) is 0. The largest absolute Gasteiger partial charge is 0.473 e. The van der Waals surface area contributed by atoms with Crippen molar-refractivity contribution in [3.63, 3.8) is 0 Å². The Labute approximate surface area is 163 Å². The molecule has 144 valence electrons. The molecule has 3 heterocycles. The first kappa shape index (κ1) is 18.3. The summed E-state index contributed by atoms with van der Waals surface area (Å²) in [4.78, 5) is 28.7. The number of carbonyl (C=O) groups is 1. The van der Waals surface area contributed by atoms with E-state index in [0.29, 0.717) is 18.3 Å². The number of aryl methyl sites for hydroxylation is 1. The van der Waals surface area contributed by atoms with E-state index in [0.717, 1.165) is 43.9 Å². The quantitative estimate of drug-likeness (QED) is 0.849. The van der Waals surface area contributed by atoms with E-state index in [2.05, 4.69) is 32.1 Å². The Balaban J connectivity index is 1.23. The van der Waals surface area contributed by atoms with E-state index in [1.54, 1.807) is 29.9 Å². The molecular weight excluding hydrogens is 362 g/mol. The lowest BCUT2D eigenvalue weighted by Crippen LogP contribution is -2.42. The normalized spacial score (nSPS) is 20.9. The summed E-state index contributed by atoms with van der Waals surface area (Å²) < 4.78 is 5.85. The summed E-state index contributed by atoms with van der Waals surface area (Å²) >= 11 is 1.64. The van der Waals surface area contributed by atoms with E-state index in [1.807, 2.05) is 0 Å². The third kappa shape index (κ3) is 4.81. The summed E-state index contributed by atoms with van der Waals surface area (Å²) in [5, 5.41) is 3.74.